The van der Waals surface area contributed by atoms with E-state index in [9.17, 15) is 4.39 Å². The number of hydrogen-bond acceptors (Lipinski definition) is 4. The summed E-state index contributed by atoms with van der Waals surface area (Å²) in [6.07, 6.45) is 1.73. The first-order valence-electron chi connectivity index (χ1n) is 9.05. The number of ether oxygens (including phenoxy) is 1. The Morgan fingerprint density at radius 1 is 1.15 bits per heavy atom. The minimum Gasteiger partial charge on any atom is -0.383 e. The van der Waals surface area contributed by atoms with Crippen molar-refractivity contribution in [1.29, 1.82) is 0 Å². The minimum absolute atomic E-state index is 0.256. The zero-order chi connectivity index (χ0) is 18.1. The fourth-order valence-electron chi connectivity index (χ4n) is 4.22. The molecule has 2 aliphatic rings. The molecule has 0 saturated carbocycles. The second-order valence-corrected chi connectivity index (χ2v) is 6.79. The van der Waals surface area contributed by atoms with Gasteiger partial charge in [-0.3, -0.25) is 10.0 Å². The molecule has 0 radical (unpaired) electrons. The lowest BCUT2D eigenvalue weighted by Crippen LogP contribution is -2.49. The summed E-state index contributed by atoms with van der Waals surface area (Å²) in [5, 5.41) is 4.20. The first kappa shape index (κ1) is 17.1. The van der Waals surface area contributed by atoms with Crippen LogP contribution in [0.4, 0.5) is 10.1 Å². The number of allylic oxidation sites excluding steroid dienone is 1. The zero-order valence-electron chi connectivity index (χ0n) is 14.9. The Morgan fingerprint density at radius 3 is 2.69 bits per heavy atom. The molecule has 0 amide bonds. The fourth-order valence-corrected chi connectivity index (χ4v) is 4.22. The number of nitrogens with two attached hydrogens (primary N) is 1. The van der Waals surface area contributed by atoms with Gasteiger partial charge >= 0.3 is 0 Å². The van der Waals surface area contributed by atoms with Crippen LogP contribution in [-0.4, -0.2) is 31.4 Å². The largest absolute Gasteiger partial charge is 0.383 e. The van der Waals surface area contributed by atoms with E-state index in [0.29, 0.717) is 19.1 Å². The number of nitrogens with zero attached hydrogens (tertiary/aromatic N) is 2. The normalized spacial score (nSPS) is 22.3. The van der Waals surface area contributed by atoms with E-state index in [-0.39, 0.29) is 12.0 Å². The molecule has 0 bridgehead atoms. The summed E-state index contributed by atoms with van der Waals surface area (Å²) in [4.78, 5) is 0. The van der Waals surface area contributed by atoms with E-state index in [4.69, 9.17) is 10.5 Å². The Bertz CT molecular complexity index is 808. The zero-order valence-corrected chi connectivity index (χ0v) is 14.9. The van der Waals surface area contributed by atoms with Crippen molar-refractivity contribution in [2.75, 3.05) is 25.3 Å². The van der Waals surface area contributed by atoms with Gasteiger partial charge in [0.25, 0.3) is 0 Å². The molecule has 26 heavy (non-hydrogen) atoms. The van der Waals surface area contributed by atoms with Crippen LogP contribution in [0.5, 0.6) is 0 Å². The lowest BCUT2D eigenvalue weighted by molar-refractivity contribution is 0.159. The lowest BCUT2D eigenvalue weighted by Gasteiger charge is -2.37. The molecule has 2 aromatic rings. The molecule has 4 rings (SSSR count). The monoisotopic (exact) mass is 353 g/mol. The number of halogens is 1. The standard InChI is InChI=1S/C21H24FN3O/c1-26-13-12-24-19-11-10-18(15-6-3-2-4-7-15)20(19)21(23)25(24)17-9-5-8-16(22)14-17/h2-9,14,18,21H,10-13,23H2,1H3/t18-,21+/m1/s1. The molecule has 4 nitrogen and oxygen atoms in total. The van der Waals surface area contributed by atoms with Crippen LogP contribution in [0.2, 0.25) is 0 Å². The predicted molar refractivity (Wildman–Crippen MR) is 101 cm³/mol. The highest BCUT2D eigenvalue weighted by atomic mass is 19.1. The first-order valence-corrected chi connectivity index (χ1v) is 9.05. The van der Waals surface area contributed by atoms with Gasteiger partial charge in [0.05, 0.1) is 18.8 Å². The summed E-state index contributed by atoms with van der Waals surface area (Å²) in [5.41, 5.74) is 11.3. The van der Waals surface area contributed by atoms with Crippen LogP contribution in [-0.2, 0) is 4.74 Å². The summed E-state index contributed by atoms with van der Waals surface area (Å²) in [6.45, 7) is 1.28. The average Bonchev–Trinajstić information content (AvgIpc) is 3.20. The fraction of sp³-hybridized carbons (Fsp3) is 0.333. The highest BCUT2D eigenvalue weighted by molar-refractivity contribution is 5.55. The first-order chi connectivity index (χ1) is 12.7. The van der Waals surface area contributed by atoms with E-state index < -0.39 is 0 Å². The minimum atomic E-state index is -0.295. The summed E-state index contributed by atoms with van der Waals surface area (Å²) in [6, 6.07) is 17.1. The lowest BCUT2D eigenvalue weighted by atomic mass is 9.91. The van der Waals surface area contributed by atoms with E-state index in [1.54, 1.807) is 19.2 Å². The maximum absolute atomic E-state index is 13.8. The van der Waals surface area contributed by atoms with Crippen molar-refractivity contribution in [2.45, 2.75) is 24.9 Å². The third-order valence-electron chi connectivity index (χ3n) is 5.31. The average molecular weight is 353 g/mol. The number of anilines is 1. The smallest absolute Gasteiger partial charge is 0.125 e. The van der Waals surface area contributed by atoms with Crippen molar-refractivity contribution in [3.05, 3.63) is 77.2 Å². The maximum Gasteiger partial charge on any atom is 0.125 e. The van der Waals surface area contributed by atoms with E-state index in [1.165, 1.54) is 22.9 Å². The molecule has 2 atom stereocenters. The molecular weight excluding hydrogens is 329 g/mol. The Kier molecular flexibility index (Phi) is 4.66. The molecule has 1 aliphatic carbocycles. The molecule has 0 unspecified atom stereocenters. The Balaban J connectivity index is 1.72. The van der Waals surface area contributed by atoms with Gasteiger partial charge < -0.3 is 10.5 Å². The van der Waals surface area contributed by atoms with Gasteiger partial charge in [-0.25, -0.2) is 4.39 Å². The second kappa shape index (κ2) is 7.09. The van der Waals surface area contributed by atoms with E-state index in [1.807, 2.05) is 17.1 Å². The van der Waals surface area contributed by atoms with Crippen LogP contribution in [0.15, 0.2) is 65.9 Å². The maximum atomic E-state index is 13.8. The number of methoxy groups -OCH3 is 1. The molecule has 1 aliphatic heterocycles. The van der Waals surface area contributed by atoms with Gasteiger partial charge in [0.2, 0.25) is 0 Å². The number of hydrazine groups is 1. The molecule has 1 heterocycles. The number of benzene rings is 2. The van der Waals surface area contributed by atoms with Gasteiger partial charge in [-0.2, -0.15) is 0 Å². The molecule has 0 saturated heterocycles. The summed E-state index contributed by atoms with van der Waals surface area (Å²) < 4.78 is 19.1. The van der Waals surface area contributed by atoms with Crippen LogP contribution >= 0.6 is 0 Å². The van der Waals surface area contributed by atoms with Crippen molar-refractivity contribution in [1.82, 2.24) is 5.01 Å². The third-order valence-corrected chi connectivity index (χ3v) is 5.31. The van der Waals surface area contributed by atoms with Crippen molar-refractivity contribution in [3.8, 4) is 0 Å². The van der Waals surface area contributed by atoms with Crippen molar-refractivity contribution >= 4 is 5.69 Å². The SMILES string of the molecule is COCCN1C2=C([C@@H](N)N1c1cccc(F)c1)[C@@H](c1ccccc1)CC2. The van der Waals surface area contributed by atoms with Gasteiger partial charge in [-0.1, -0.05) is 36.4 Å². The van der Waals surface area contributed by atoms with Gasteiger partial charge in [-0.15, -0.1) is 0 Å². The van der Waals surface area contributed by atoms with E-state index in [2.05, 4.69) is 29.3 Å². The Labute approximate surface area is 153 Å². The van der Waals surface area contributed by atoms with E-state index >= 15 is 0 Å². The van der Waals surface area contributed by atoms with Crippen LogP contribution in [0.3, 0.4) is 0 Å². The quantitative estimate of drug-likeness (QED) is 0.891. The second-order valence-electron chi connectivity index (χ2n) is 6.79. The molecular formula is C21H24FN3O. The van der Waals surface area contributed by atoms with Crippen LogP contribution in [0, 0.1) is 5.82 Å². The topological polar surface area (TPSA) is 41.7 Å². The summed E-state index contributed by atoms with van der Waals surface area (Å²) in [5.74, 6) is 0.0536. The van der Waals surface area contributed by atoms with Crippen molar-refractivity contribution in [3.63, 3.8) is 0 Å². The predicted octanol–water partition coefficient (Wildman–Crippen LogP) is 3.63. The Hall–Kier alpha value is -2.37. The highest BCUT2D eigenvalue weighted by Gasteiger charge is 2.43. The van der Waals surface area contributed by atoms with Gasteiger partial charge in [0.1, 0.15) is 12.0 Å². The van der Waals surface area contributed by atoms with Crippen LogP contribution < -0.4 is 10.7 Å². The van der Waals surface area contributed by atoms with Crippen molar-refractivity contribution < 1.29 is 9.13 Å². The molecule has 2 aromatic carbocycles. The molecule has 0 aromatic heterocycles. The molecule has 0 fully saturated rings. The molecule has 136 valence electrons. The van der Waals surface area contributed by atoms with E-state index in [0.717, 1.165) is 18.5 Å². The number of hydrogen-bond donors (Lipinski definition) is 1. The number of rotatable bonds is 5. The molecule has 0 spiro atoms. The summed E-state index contributed by atoms with van der Waals surface area (Å²) in [7, 11) is 1.69. The summed E-state index contributed by atoms with van der Waals surface area (Å²) >= 11 is 0. The third kappa shape index (κ3) is 2.87. The molecule has 5 heteroatoms. The highest BCUT2D eigenvalue weighted by Crippen LogP contribution is 2.48. The van der Waals surface area contributed by atoms with Gasteiger partial charge in [0.15, 0.2) is 0 Å². The van der Waals surface area contributed by atoms with Crippen molar-refractivity contribution in [2.24, 2.45) is 5.73 Å². The Morgan fingerprint density at radius 2 is 1.96 bits per heavy atom. The van der Waals surface area contributed by atoms with Crippen LogP contribution in [0.25, 0.3) is 0 Å². The molecule has 2 N–H and O–H groups in total. The van der Waals surface area contributed by atoms with Gasteiger partial charge in [0, 0.05) is 18.7 Å². The van der Waals surface area contributed by atoms with Crippen LogP contribution in [0.1, 0.15) is 24.3 Å². The van der Waals surface area contributed by atoms with Gasteiger partial charge in [-0.05, 0) is 42.2 Å².